The number of methoxy groups -OCH3 is 1. The van der Waals surface area contributed by atoms with Crippen LogP contribution in [0.3, 0.4) is 0 Å². The van der Waals surface area contributed by atoms with Crippen LogP contribution in [0.1, 0.15) is 27.2 Å². The molecule has 0 saturated carbocycles. The van der Waals surface area contributed by atoms with Gasteiger partial charge in [-0.3, -0.25) is 4.79 Å². The van der Waals surface area contributed by atoms with Gasteiger partial charge in [-0.2, -0.15) is 0 Å². The standard InChI is InChI=1S/C15H24N2O4S/c1-5-11(2)15(18)16-13-6-8-14(9-7-13)22(19,20)17-12(3)10-21-4/h6-9,11-12,17H,5,10H2,1-4H3,(H,16,18). The van der Waals surface area contributed by atoms with Crippen LogP contribution in [0.4, 0.5) is 5.69 Å². The van der Waals surface area contributed by atoms with Gasteiger partial charge in [-0.1, -0.05) is 13.8 Å². The van der Waals surface area contributed by atoms with Gasteiger partial charge in [-0.05, 0) is 37.6 Å². The number of carbonyl (C=O) groups excluding carboxylic acids is 1. The third kappa shape index (κ3) is 5.40. The Labute approximate surface area is 132 Å². The first-order valence-corrected chi connectivity index (χ1v) is 8.70. The van der Waals surface area contributed by atoms with Crippen molar-refractivity contribution in [1.82, 2.24) is 4.72 Å². The monoisotopic (exact) mass is 328 g/mol. The van der Waals surface area contributed by atoms with Crippen LogP contribution in [0.5, 0.6) is 0 Å². The number of carbonyl (C=O) groups is 1. The smallest absolute Gasteiger partial charge is 0.240 e. The van der Waals surface area contributed by atoms with E-state index in [9.17, 15) is 13.2 Å². The number of nitrogens with one attached hydrogen (secondary N) is 2. The molecule has 0 aliphatic rings. The fourth-order valence-corrected chi connectivity index (χ4v) is 3.01. The summed E-state index contributed by atoms with van der Waals surface area (Å²) in [4.78, 5) is 11.9. The molecule has 6 nitrogen and oxygen atoms in total. The molecule has 0 heterocycles. The lowest BCUT2D eigenvalue weighted by Crippen LogP contribution is -2.35. The zero-order chi connectivity index (χ0) is 16.8. The third-order valence-corrected chi connectivity index (χ3v) is 4.87. The van der Waals surface area contributed by atoms with Gasteiger partial charge in [0.25, 0.3) is 0 Å². The second kappa shape index (κ2) is 8.26. The number of sulfonamides is 1. The Morgan fingerprint density at radius 2 is 1.82 bits per heavy atom. The molecule has 124 valence electrons. The van der Waals surface area contributed by atoms with Crippen molar-refractivity contribution in [2.75, 3.05) is 19.0 Å². The van der Waals surface area contributed by atoms with Gasteiger partial charge in [-0.15, -0.1) is 0 Å². The number of rotatable bonds is 8. The Morgan fingerprint density at radius 3 is 2.32 bits per heavy atom. The topological polar surface area (TPSA) is 84.5 Å². The number of amides is 1. The molecule has 2 atom stereocenters. The van der Waals surface area contributed by atoms with E-state index >= 15 is 0 Å². The van der Waals surface area contributed by atoms with Crippen LogP contribution in [0.15, 0.2) is 29.2 Å². The molecule has 0 radical (unpaired) electrons. The molecule has 2 unspecified atom stereocenters. The van der Waals surface area contributed by atoms with Gasteiger partial charge >= 0.3 is 0 Å². The average molecular weight is 328 g/mol. The molecule has 22 heavy (non-hydrogen) atoms. The van der Waals surface area contributed by atoms with Gasteiger partial charge in [0.1, 0.15) is 0 Å². The lowest BCUT2D eigenvalue weighted by molar-refractivity contribution is -0.119. The second-order valence-electron chi connectivity index (χ2n) is 5.30. The normalized spacial score (nSPS) is 14.4. The molecule has 0 aliphatic carbocycles. The zero-order valence-electron chi connectivity index (χ0n) is 13.4. The molecule has 0 fully saturated rings. The number of hydrogen-bond donors (Lipinski definition) is 2. The first kappa shape index (κ1) is 18.6. The van der Waals surface area contributed by atoms with E-state index in [4.69, 9.17) is 4.74 Å². The average Bonchev–Trinajstić information content (AvgIpc) is 2.46. The summed E-state index contributed by atoms with van der Waals surface area (Å²) in [6.07, 6.45) is 0.750. The van der Waals surface area contributed by atoms with Crippen molar-refractivity contribution in [3.63, 3.8) is 0 Å². The van der Waals surface area contributed by atoms with Gasteiger partial charge in [0.2, 0.25) is 15.9 Å². The van der Waals surface area contributed by atoms with Gasteiger partial charge in [0, 0.05) is 24.8 Å². The summed E-state index contributed by atoms with van der Waals surface area (Å²) in [6.45, 7) is 5.80. The van der Waals surface area contributed by atoms with Crippen molar-refractivity contribution in [2.45, 2.75) is 38.1 Å². The summed E-state index contributed by atoms with van der Waals surface area (Å²) in [5.41, 5.74) is 0.578. The van der Waals surface area contributed by atoms with Crippen molar-refractivity contribution in [1.29, 1.82) is 0 Å². The molecular weight excluding hydrogens is 304 g/mol. The maximum Gasteiger partial charge on any atom is 0.240 e. The minimum Gasteiger partial charge on any atom is -0.383 e. The second-order valence-corrected chi connectivity index (χ2v) is 7.01. The highest BCUT2D eigenvalue weighted by atomic mass is 32.2. The van der Waals surface area contributed by atoms with Crippen molar-refractivity contribution >= 4 is 21.6 Å². The lowest BCUT2D eigenvalue weighted by Gasteiger charge is -2.14. The summed E-state index contributed by atoms with van der Waals surface area (Å²) in [5, 5.41) is 2.76. The fraction of sp³-hybridized carbons (Fsp3) is 0.533. The molecule has 2 N–H and O–H groups in total. The Hall–Kier alpha value is -1.44. The van der Waals surface area contributed by atoms with Crippen LogP contribution >= 0.6 is 0 Å². The van der Waals surface area contributed by atoms with E-state index in [2.05, 4.69) is 10.0 Å². The van der Waals surface area contributed by atoms with E-state index in [1.54, 1.807) is 19.1 Å². The maximum absolute atomic E-state index is 12.2. The highest BCUT2D eigenvalue weighted by molar-refractivity contribution is 7.89. The fourth-order valence-electron chi connectivity index (χ4n) is 1.79. The Kier molecular flexibility index (Phi) is 6.99. The molecule has 0 aliphatic heterocycles. The number of ether oxygens (including phenoxy) is 1. The zero-order valence-corrected chi connectivity index (χ0v) is 14.2. The maximum atomic E-state index is 12.2. The van der Waals surface area contributed by atoms with Gasteiger partial charge in [-0.25, -0.2) is 13.1 Å². The van der Waals surface area contributed by atoms with Crippen molar-refractivity contribution in [3.05, 3.63) is 24.3 Å². The van der Waals surface area contributed by atoms with Gasteiger partial charge < -0.3 is 10.1 Å². The van der Waals surface area contributed by atoms with Gasteiger partial charge in [0.05, 0.1) is 11.5 Å². The van der Waals surface area contributed by atoms with Crippen LogP contribution in [0, 0.1) is 5.92 Å². The van der Waals surface area contributed by atoms with Crippen LogP contribution in [0.2, 0.25) is 0 Å². The third-order valence-electron chi connectivity index (χ3n) is 3.27. The first-order valence-electron chi connectivity index (χ1n) is 7.22. The molecule has 7 heteroatoms. The van der Waals surface area contributed by atoms with E-state index in [1.165, 1.54) is 19.2 Å². The van der Waals surface area contributed by atoms with Crippen molar-refractivity contribution < 1.29 is 17.9 Å². The molecule has 1 aromatic rings. The van der Waals surface area contributed by atoms with Crippen LogP contribution in [-0.4, -0.2) is 34.1 Å². The predicted octanol–water partition coefficient (Wildman–Crippen LogP) is 1.98. The highest BCUT2D eigenvalue weighted by Crippen LogP contribution is 2.15. The molecule has 1 aromatic carbocycles. The highest BCUT2D eigenvalue weighted by Gasteiger charge is 2.17. The summed E-state index contributed by atoms with van der Waals surface area (Å²) in [5.74, 6) is -0.162. The summed E-state index contributed by atoms with van der Waals surface area (Å²) in [7, 11) is -2.08. The Morgan fingerprint density at radius 1 is 1.23 bits per heavy atom. The molecule has 1 amide bonds. The summed E-state index contributed by atoms with van der Waals surface area (Å²) in [6, 6.07) is 5.77. The Balaban J connectivity index is 2.77. The molecular formula is C15H24N2O4S. The van der Waals surface area contributed by atoms with E-state index in [-0.39, 0.29) is 22.8 Å². The van der Waals surface area contributed by atoms with Crippen LogP contribution < -0.4 is 10.0 Å². The lowest BCUT2D eigenvalue weighted by atomic mass is 10.1. The van der Waals surface area contributed by atoms with E-state index in [0.717, 1.165) is 6.42 Å². The van der Waals surface area contributed by atoms with Crippen molar-refractivity contribution in [2.24, 2.45) is 5.92 Å². The minimum atomic E-state index is -3.59. The molecule has 0 spiro atoms. The number of benzene rings is 1. The summed E-state index contributed by atoms with van der Waals surface area (Å²) < 4.78 is 31.7. The van der Waals surface area contributed by atoms with Crippen LogP contribution in [0.25, 0.3) is 0 Å². The van der Waals surface area contributed by atoms with E-state index < -0.39 is 10.0 Å². The SMILES string of the molecule is CCC(C)C(=O)Nc1ccc(S(=O)(=O)NC(C)COC)cc1. The summed E-state index contributed by atoms with van der Waals surface area (Å²) >= 11 is 0. The van der Waals surface area contributed by atoms with E-state index in [1.807, 2.05) is 13.8 Å². The number of hydrogen-bond acceptors (Lipinski definition) is 4. The molecule has 0 saturated heterocycles. The first-order chi connectivity index (χ1) is 10.3. The largest absolute Gasteiger partial charge is 0.383 e. The predicted molar refractivity (Wildman–Crippen MR) is 86.2 cm³/mol. The molecule has 0 bridgehead atoms. The van der Waals surface area contributed by atoms with E-state index in [0.29, 0.717) is 12.3 Å². The van der Waals surface area contributed by atoms with Gasteiger partial charge in [0.15, 0.2) is 0 Å². The quantitative estimate of drug-likeness (QED) is 0.764. The molecule has 1 rings (SSSR count). The Bertz CT molecular complexity index is 584. The minimum absolute atomic E-state index is 0.0788. The number of anilines is 1. The van der Waals surface area contributed by atoms with Crippen LogP contribution in [-0.2, 0) is 19.6 Å². The van der Waals surface area contributed by atoms with Crippen molar-refractivity contribution in [3.8, 4) is 0 Å². The molecule has 0 aromatic heterocycles.